The molecule has 8 heteroatoms. The van der Waals surface area contributed by atoms with E-state index in [1.165, 1.54) is 0 Å². The van der Waals surface area contributed by atoms with Gasteiger partial charge in [-0.3, -0.25) is 9.59 Å². The van der Waals surface area contributed by atoms with Crippen molar-refractivity contribution in [1.82, 2.24) is 19.9 Å². The third-order valence-electron chi connectivity index (χ3n) is 3.97. The molecule has 0 bridgehead atoms. The molecule has 2 amide bonds. The van der Waals surface area contributed by atoms with E-state index >= 15 is 0 Å². The van der Waals surface area contributed by atoms with Crippen molar-refractivity contribution in [2.24, 2.45) is 0 Å². The summed E-state index contributed by atoms with van der Waals surface area (Å²) in [5.74, 6) is 2.43. The van der Waals surface area contributed by atoms with Crippen LogP contribution in [0.2, 0.25) is 0 Å². The number of nitrogens with zero attached hydrogens (tertiary/aromatic N) is 4. The van der Waals surface area contributed by atoms with Gasteiger partial charge in [-0.05, 0) is 12.8 Å². The number of hydrogen-bond acceptors (Lipinski definition) is 6. The quantitative estimate of drug-likeness (QED) is 0.833. The van der Waals surface area contributed by atoms with E-state index < -0.39 is 0 Å². The Hall–Kier alpha value is -1.57. The molecule has 2 saturated heterocycles. The molecule has 3 heterocycles. The van der Waals surface area contributed by atoms with Gasteiger partial charge in [0.1, 0.15) is 6.54 Å². The number of rotatable bonds is 4. The first-order valence-corrected chi connectivity index (χ1v) is 8.70. The highest BCUT2D eigenvalue weighted by Crippen LogP contribution is 2.31. The van der Waals surface area contributed by atoms with Gasteiger partial charge in [0.25, 0.3) is 0 Å². The van der Waals surface area contributed by atoms with Crippen molar-refractivity contribution in [3.05, 3.63) is 11.7 Å². The highest BCUT2D eigenvalue weighted by Gasteiger charge is 2.35. The molecule has 0 radical (unpaired) electrons. The van der Waals surface area contributed by atoms with Gasteiger partial charge in [-0.15, -0.1) is 11.8 Å². The van der Waals surface area contributed by atoms with E-state index in [4.69, 9.17) is 4.52 Å². The first-order valence-electron chi connectivity index (χ1n) is 7.54. The van der Waals surface area contributed by atoms with Crippen LogP contribution in [0.3, 0.4) is 0 Å². The number of amides is 2. The second kappa shape index (κ2) is 6.28. The molecule has 2 fully saturated rings. The lowest BCUT2D eigenvalue weighted by Gasteiger charge is -2.24. The predicted molar refractivity (Wildman–Crippen MR) is 81.1 cm³/mol. The third kappa shape index (κ3) is 2.97. The molecular formula is C14H20N4O3S. The van der Waals surface area contributed by atoms with Gasteiger partial charge in [-0.25, -0.2) is 0 Å². The van der Waals surface area contributed by atoms with Crippen LogP contribution in [0.25, 0.3) is 0 Å². The molecule has 2 aliphatic rings. The molecule has 1 atom stereocenters. The molecule has 3 rings (SSSR count). The number of hydrogen-bond donors (Lipinski definition) is 0. The minimum absolute atomic E-state index is 0.0331. The Morgan fingerprint density at radius 2 is 2.32 bits per heavy atom. The van der Waals surface area contributed by atoms with Crippen LogP contribution >= 0.6 is 11.8 Å². The van der Waals surface area contributed by atoms with Gasteiger partial charge in [0, 0.05) is 12.5 Å². The van der Waals surface area contributed by atoms with Crippen molar-refractivity contribution in [1.29, 1.82) is 0 Å². The number of carbonyl (C=O) groups excluding carboxylic acids is 2. The van der Waals surface area contributed by atoms with Crippen molar-refractivity contribution >= 4 is 23.6 Å². The molecule has 22 heavy (non-hydrogen) atoms. The summed E-state index contributed by atoms with van der Waals surface area (Å²) in [6.45, 7) is 4.82. The van der Waals surface area contributed by atoms with Crippen molar-refractivity contribution in [2.45, 2.75) is 38.6 Å². The molecule has 0 aromatic carbocycles. The van der Waals surface area contributed by atoms with E-state index in [-0.39, 0.29) is 30.3 Å². The fraction of sp³-hybridized carbons (Fsp3) is 0.714. The Balaban J connectivity index is 1.69. The summed E-state index contributed by atoms with van der Waals surface area (Å²) in [4.78, 5) is 32.0. The number of likely N-dealkylation sites (tertiary alicyclic amines) is 1. The van der Waals surface area contributed by atoms with E-state index in [1.807, 2.05) is 13.8 Å². The van der Waals surface area contributed by atoms with Gasteiger partial charge < -0.3 is 14.3 Å². The zero-order valence-corrected chi connectivity index (χ0v) is 13.6. The molecule has 0 spiro atoms. The highest BCUT2D eigenvalue weighted by molar-refractivity contribution is 8.00. The normalized spacial score (nSPS) is 22.1. The summed E-state index contributed by atoms with van der Waals surface area (Å²) in [6, 6.07) is -0.130. The van der Waals surface area contributed by atoms with Gasteiger partial charge >= 0.3 is 0 Å². The monoisotopic (exact) mass is 324 g/mol. The van der Waals surface area contributed by atoms with Crippen LogP contribution in [0.1, 0.15) is 50.4 Å². The molecule has 0 saturated carbocycles. The zero-order valence-electron chi connectivity index (χ0n) is 12.8. The fourth-order valence-electron chi connectivity index (χ4n) is 2.75. The van der Waals surface area contributed by atoms with Gasteiger partial charge in [0.2, 0.25) is 17.7 Å². The van der Waals surface area contributed by atoms with Crippen molar-refractivity contribution in [3.63, 3.8) is 0 Å². The molecule has 7 nitrogen and oxygen atoms in total. The number of aromatic nitrogens is 2. The van der Waals surface area contributed by atoms with Gasteiger partial charge in [0.15, 0.2) is 5.82 Å². The maximum Gasteiger partial charge on any atom is 0.242 e. The van der Waals surface area contributed by atoms with E-state index in [9.17, 15) is 9.59 Å². The van der Waals surface area contributed by atoms with Gasteiger partial charge in [-0.1, -0.05) is 19.0 Å². The third-order valence-corrected chi connectivity index (χ3v) is 4.92. The van der Waals surface area contributed by atoms with E-state index in [1.54, 1.807) is 21.6 Å². The van der Waals surface area contributed by atoms with Crippen molar-refractivity contribution < 1.29 is 14.1 Å². The lowest BCUT2D eigenvalue weighted by Crippen LogP contribution is -2.41. The van der Waals surface area contributed by atoms with Gasteiger partial charge in [0.05, 0.1) is 17.7 Å². The second-order valence-corrected chi connectivity index (χ2v) is 6.92. The van der Waals surface area contributed by atoms with Gasteiger partial charge in [-0.2, -0.15) is 4.98 Å². The maximum absolute atomic E-state index is 12.5. The molecule has 0 N–H and O–H groups in total. The molecule has 120 valence electrons. The summed E-state index contributed by atoms with van der Waals surface area (Å²) in [5, 5.41) is 4.03. The Morgan fingerprint density at radius 3 is 2.95 bits per heavy atom. The van der Waals surface area contributed by atoms with E-state index in [0.29, 0.717) is 29.9 Å². The Labute approximate surface area is 133 Å². The van der Waals surface area contributed by atoms with Crippen LogP contribution in [-0.4, -0.2) is 56.5 Å². The number of carbonyl (C=O) groups is 2. The standard InChI is InChI=1S/C14H20N4O3S/c1-9(2)14-15-13(16-21-14)10-4-3-5-18(10)11(19)6-17-8-22-7-12(17)20/h9-10H,3-8H2,1-2H3/t10-/m0/s1. The zero-order chi connectivity index (χ0) is 15.7. The summed E-state index contributed by atoms with van der Waals surface area (Å²) < 4.78 is 5.25. The lowest BCUT2D eigenvalue weighted by molar-refractivity contribution is -0.138. The number of thioether (sulfide) groups is 1. The van der Waals surface area contributed by atoms with Crippen LogP contribution in [-0.2, 0) is 9.59 Å². The topological polar surface area (TPSA) is 79.5 Å². The van der Waals surface area contributed by atoms with Crippen LogP contribution in [0, 0.1) is 0 Å². The Bertz CT molecular complexity index is 574. The first kappa shape index (κ1) is 15.3. The van der Waals surface area contributed by atoms with E-state index in [0.717, 1.165) is 12.8 Å². The maximum atomic E-state index is 12.5. The Kier molecular flexibility index (Phi) is 4.37. The molecule has 0 unspecified atom stereocenters. The summed E-state index contributed by atoms with van der Waals surface area (Å²) in [5.41, 5.74) is 0. The lowest BCUT2D eigenvalue weighted by atomic mass is 10.2. The average molecular weight is 324 g/mol. The van der Waals surface area contributed by atoms with Crippen molar-refractivity contribution in [2.75, 3.05) is 24.7 Å². The predicted octanol–water partition coefficient (Wildman–Crippen LogP) is 1.39. The molecule has 0 aliphatic carbocycles. The molecule has 1 aromatic rings. The molecule has 1 aromatic heterocycles. The molecule has 2 aliphatic heterocycles. The first-order chi connectivity index (χ1) is 10.6. The summed E-state index contributed by atoms with van der Waals surface area (Å²) in [6.07, 6.45) is 1.76. The largest absolute Gasteiger partial charge is 0.339 e. The van der Waals surface area contributed by atoms with Crippen LogP contribution in [0.4, 0.5) is 0 Å². The average Bonchev–Trinajstić information content (AvgIpc) is 3.18. The van der Waals surface area contributed by atoms with Crippen LogP contribution in [0.5, 0.6) is 0 Å². The summed E-state index contributed by atoms with van der Waals surface area (Å²) in [7, 11) is 0. The second-order valence-electron chi connectivity index (χ2n) is 5.96. The SMILES string of the molecule is CC(C)c1nc([C@@H]2CCCN2C(=O)CN2CSCC2=O)no1. The van der Waals surface area contributed by atoms with E-state index in [2.05, 4.69) is 10.1 Å². The minimum atomic E-state index is -0.130. The highest BCUT2D eigenvalue weighted by atomic mass is 32.2. The minimum Gasteiger partial charge on any atom is -0.339 e. The van der Waals surface area contributed by atoms with Crippen molar-refractivity contribution in [3.8, 4) is 0 Å². The molecular weight excluding hydrogens is 304 g/mol. The van der Waals surface area contributed by atoms with Crippen LogP contribution in [0.15, 0.2) is 4.52 Å². The Morgan fingerprint density at radius 1 is 1.50 bits per heavy atom. The smallest absolute Gasteiger partial charge is 0.242 e. The van der Waals surface area contributed by atoms with Crippen LogP contribution < -0.4 is 0 Å². The summed E-state index contributed by atoms with van der Waals surface area (Å²) >= 11 is 1.54. The fourth-order valence-corrected chi connectivity index (χ4v) is 3.65.